The summed E-state index contributed by atoms with van der Waals surface area (Å²) in [5.41, 5.74) is 2.72. The number of likely N-dealkylation sites (tertiary alicyclic amines) is 1. The molecule has 4 fully saturated rings. The number of hydrogen-bond acceptors (Lipinski definition) is 9. The van der Waals surface area contributed by atoms with E-state index in [1.165, 1.54) is 17.2 Å². The topological polar surface area (TPSA) is 110 Å². The summed E-state index contributed by atoms with van der Waals surface area (Å²) in [6, 6.07) is 8.37. The van der Waals surface area contributed by atoms with E-state index in [4.69, 9.17) is 9.47 Å². The van der Waals surface area contributed by atoms with Crippen molar-refractivity contribution < 1.29 is 19.1 Å². The number of hydrogen-bond donors (Lipinski definition) is 2. The number of nitriles is 1. The van der Waals surface area contributed by atoms with Crippen LogP contribution in [0.3, 0.4) is 0 Å². The quantitative estimate of drug-likeness (QED) is 0.489. The minimum absolute atomic E-state index is 0.00373. The number of benzene rings is 1. The van der Waals surface area contributed by atoms with Gasteiger partial charge in [-0.3, -0.25) is 25.1 Å². The Hall–Kier alpha value is -2.65. The number of piperazine rings is 1. The molecule has 1 amide bonds. The van der Waals surface area contributed by atoms with Gasteiger partial charge in [-0.25, -0.2) is 0 Å². The number of ketones is 1. The Morgan fingerprint density at radius 1 is 1.24 bits per heavy atom. The molecule has 1 aromatic carbocycles. The van der Waals surface area contributed by atoms with E-state index in [1.807, 2.05) is 0 Å². The third-order valence-electron chi connectivity index (χ3n) is 10.3. The smallest absolute Gasteiger partial charge is 0.246 e. The van der Waals surface area contributed by atoms with Crippen molar-refractivity contribution in [2.75, 3.05) is 39.8 Å². The number of fused-ring (bicyclic) bond motifs is 2. The third-order valence-corrected chi connectivity index (χ3v) is 10.3. The predicted octanol–water partition coefficient (Wildman–Crippen LogP) is 1.68. The molecule has 1 saturated carbocycles. The van der Waals surface area contributed by atoms with E-state index in [2.05, 4.69) is 65.3 Å². The minimum Gasteiger partial charge on any atom is -0.362 e. The lowest BCUT2D eigenvalue weighted by Gasteiger charge is -2.55. The van der Waals surface area contributed by atoms with Crippen molar-refractivity contribution in [2.24, 2.45) is 5.92 Å². The number of nitrogens with zero attached hydrogens (tertiary/aromatic N) is 4. The van der Waals surface area contributed by atoms with Gasteiger partial charge in [-0.2, -0.15) is 5.26 Å². The Morgan fingerprint density at radius 2 is 2.10 bits per heavy atom. The molecule has 5 aliphatic rings. The highest BCUT2D eigenvalue weighted by Gasteiger charge is 2.56. The molecule has 10 heteroatoms. The van der Waals surface area contributed by atoms with Gasteiger partial charge in [-0.1, -0.05) is 30.3 Å². The van der Waals surface area contributed by atoms with E-state index in [9.17, 15) is 14.9 Å². The van der Waals surface area contributed by atoms with E-state index in [0.29, 0.717) is 51.7 Å². The molecule has 2 N–H and O–H groups in total. The van der Waals surface area contributed by atoms with Gasteiger partial charge in [0.1, 0.15) is 5.60 Å². The first-order valence-electron chi connectivity index (χ1n) is 15.5. The maximum Gasteiger partial charge on any atom is 0.246 e. The van der Waals surface area contributed by atoms with Crippen molar-refractivity contribution >= 4 is 11.7 Å². The summed E-state index contributed by atoms with van der Waals surface area (Å²) in [4.78, 5) is 33.4. The summed E-state index contributed by atoms with van der Waals surface area (Å²) < 4.78 is 12.9. The molecule has 10 nitrogen and oxygen atoms in total. The van der Waals surface area contributed by atoms with E-state index in [-0.39, 0.29) is 36.2 Å². The molecule has 1 aliphatic carbocycles. The Labute approximate surface area is 249 Å². The number of aryl methyl sites for hydroxylation is 1. The Morgan fingerprint density at radius 3 is 2.86 bits per heavy atom. The van der Waals surface area contributed by atoms with E-state index < -0.39 is 18.0 Å². The number of carbonyl (C=O) groups is 2. The number of Topliss-reactive ketones (excluding diaryl/α,β-unsaturated/α-hetero) is 1. The maximum absolute atomic E-state index is 14.5. The van der Waals surface area contributed by atoms with Crippen LogP contribution in [0.15, 0.2) is 30.9 Å². The SMILES string of the molecule is C=CC(=O)N1CCN(C2NC(OCC3CCCN3C)NC3C(=O)[C@]4(CCC32)Cc2cc(C)ccc2CO4)CC1CC#N. The summed E-state index contributed by atoms with van der Waals surface area (Å²) in [6.07, 6.45) is 5.28. The number of nitrogens with one attached hydrogen (secondary N) is 2. The summed E-state index contributed by atoms with van der Waals surface area (Å²) in [5, 5.41) is 16.8. The molecule has 226 valence electrons. The second kappa shape index (κ2) is 12.2. The number of rotatable bonds is 6. The summed E-state index contributed by atoms with van der Waals surface area (Å²) in [7, 11) is 2.13. The molecular weight excluding hydrogens is 532 g/mol. The van der Waals surface area contributed by atoms with Gasteiger partial charge in [-0.15, -0.1) is 0 Å². The molecule has 4 aliphatic heterocycles. The zero-order valence-electron chi connectivity index (χ0n) is 24.9. The first kappa shape index (κ1) is 29.4. The number of ether oxygens (including phenoxy) is 2. The van der Waals surface area contributed by atoms with Crippen LogP contribution in [0.1, 0.15) is 48.8 Å². The number of likely N-dealkylation sites (N-methyl/N-ethyl adjacent to an activating group) is 1. The lowest BCUT2D eigenvalue weighted by atomic mass is 9.68. The van der Waals surface area contributed by atoms with Gasteiger partial charge in [0.15, 0.2) is 12.1 Å². The second-order valence-corrected chi connectivity index (χ2v) is 12.8. The van der Waals surface area contributed by atoms with Crippen LogP contribution in [-0.4, -0.2) is 102 Å². The van der Waals surface area contributed by atoms with Crippen molar-refractivity contribution in [2.45, 2.75) is 88.3 Å². The fourth-order valence-electron chi connectivity index (χ4n) is 7.84. The summed E-state index contributed by atoms with van der Waals surface area (Å²) >= 11 is 0. The highest BCUT2D eigenvalue weighted by Crippen LogP contribution is 2.42. The molecule has 0 aromatic heterocycles. The lowest BCUT2D eigenvalue weighted by Crippen LogP contribution is -2.75. The van der Waals surface area contributed by atoms with Crippen molar-refractivity contribution in [1.29, 1.82) is 5.26 Å². The highest BCUT2D eigenvalue weighted by atomic mass is 16.5. The van der Waals surface area contributed by atoms with E-state index >= 15 is 0 Å². The largest absolute Gasteiger partial charge is 0.362 e. The fourth-order valence-corrected chi connectivity index (χ4v) is 7.84. The molecule has 1 spiro atoms. The van der Waals surface area contributed by atoms with Gasteiger partial charge < -0.3 is 19.3 Å². The fraction of sp³-hybridized carbons (Fsp3) is 0.656. The van der Waals surface area contributed by atoms with Crippen molar-refractivity contribution in [3.63, 3.8) is 0 Å². The molecule has 1 aromatic rings. The summed E-state index contributed by atoms with van der Waals surface area (Å²) in [5.74, 6) is -0.0326. The standard InChI is InChI=1S/C32H44N6O4/c1-4-27(39)38-15-14-37(18-24(38)10-12-33)30-26-9-11-32(17-23-16-21(2)7-8-22(23)19-42-32)29(40)28(26)34-31(35-30)41-20-25-6-5-13-36(25)3/h4,7-8,16,24-26,28,30-31,34-35H,1,5-6,9-11,13-15,17-20H2,2-3H3/t24?,25?,26?,28?,30?,31?,32-/m0/s1. The van der Waals surface area contributed by atoms with Crippen molar-refractivity contribution in [3.8, 4) is 6.07 Å². The van der Waals surface area contributed by atoms with Crippen LogP contribution in [0.5, 0.6) is 0 Å². The van der Waals surface area contributed by atoms with E-state index in [0.717, 1.165) is 31.4 Å². The molecule has 0 bridgehead atoms. The molecule has 6 unspecified atom stereocenters. The zero-order valence-corrected chi connectivity index (χ0v) is 24.9. The lowest BCUT2D eigenvalue weighted by molar-refractivity contribution is -0.173. The van der Waals surface area contributed by atoms with Gasteiger partial charge >= 0.3 is 0 Å². The normalized spacial score (nSPS) is 35.5. The molecule has 0 radical (unpaired) electrons. The molecule has 4 heterocycles. The van der Waals surface area contributed by atoms with Gasteiger partial charge in [0.25, 0.3) is 0 Å². The summed E-state index contributed by atoms with van der Waals surface area (Å²) in [6.45, 7) is 9.54. The van der Waals surface area contributed by atoms with Crippen LogP contribution in [0.2, 0.25) is 0 Å². The number of carbonyl (C=O) groups excluding carboxylic acids is 2. The Bertz CT molecular complexity index is 1250. The maximum atomic E-state index is 14.5. The second-order valence-electron chi connectivity index (χ2n) is 12.8. The molecule has 42 heavy (non-hydrogen) atoms. The van der Waals surface area contributed by atoms with Crippen LogP contribution in [0.4, 0.5) is 0 Å². The van der Waals surface area contributed by atoms with Crippen LogP contribution < -0.4 is 10.6 Å². The molecular formula is C32H44N6O4. The molecule has 3 saturated heterocycles. The van der Waals surface area contributed by atoms with Crippen molar-refractivity contribution in [3.05, 3.63) is 47.5 Å². The van der Waals surface area contributed by atoms with Crippen LogP contribution in [-0.2, 0) is 32.1 Å². The molecule has 6 rings (SSSR count). The van der Waals surface area contributed by atoms with Crippen LogP contribution in [0.25, 0.3) is 0 Å². The first-order valence-corrected chi connectivity index (χ1v) is 15.5. The van der Waals surface area contributed by atoms with Crippen molar-refractivity contribution in [1.82, 2.24) is 25.3 Å². The monoisotopic (exact) mass is 576 g/mol. The highest BCUT2D eigenvalue weighted by molar-refractivity contribution is 5.94. The molecule has 7 atom stereocenters. The predicted molar refractivity (Wildman–Crippen MR) is 157 cm³/mol. The van der Waals surface area contributed by atoms with Gasteiger partial charge in [0.05, 0.1) is 44.0 Å². The number of amides is 1. The Balaban J connectivity index is 1.24. The van der Waals surface area contributed by atoms with Gasteiger partial charge in [0, 0.05) is 38.0 Å². The van der Waals surface area contributed by atoms with E-state index in [1.54, 1.807) is 4.90 Å². The Kier molecular flexibility index (Phi) is 8.51. The average molecular weight is 577 g/mol. The minimum atomic E-state index is -0.842. The first-order chi connectivity index (χ1) is 20.3. The third kappa shape index (κ3) is 5.54. The average Bonchev–Trinajstić information content (AvgIpc) is 3.41. The van der Waals surface area contributed by atoms with Crippen LogP contribution in [0, 0.1) is 24.2 Å². The van der Waals surface area contributed by atoms with Gasteiger partial charge in [-0.05, 0) is 63.4 Å². The zero-order chi connectivity index (χ0) is 29.4. The van der Waals surface area contributed by atoms with Gasteiger partial charge in [0.2, 0.25) is 5.91 Å². The van der Waals surface area contributed by atoms with Crippen LogP contribution >= 0.6 is 0 Å².